The van der Waals surface area contributed by atoms with Gasteiger partial charge < -0.3 is 4.74 Å². The highest BCUT2D eigenvalue weighted by atomic mass is 16.5. The van der Waals surface area contributed by atoms with E-state index in [0.717, 1.165) is 23.3 Å². The van der Waals surface area contributed by atoms with Crippen LogP contribution in [0.15, 0.2) is 48.5 Å². The van der Waals surface area contributed by atoms with Gasteiger partial charge in [-0.05, 0) is 36.2 Å². The van der Waals surface area contributed by atoms with Gasteiger partial charge in [0.1, 0.15) is 5.75 Å². The fourth-order valence-electron chi connectivity index (χ4n) is 2.98. The largest absolute Gasteiger partial charge is 0.497 e. The lowest BCUT2D eigenvalue weighted by atomic mass is 10.1. The van der Waals surface area contributed by atoms with Crippen molar-refractivity contribution in [1.82, 2.24) is 4.90 Å². The van der Waals surface area contributed by atoms with Gasteiger partial charge in [-0.2, -0.15) is 0 Å². The number of imide groups is 2. The van der Waals surface area contributed by atoms with Crippen LogP contribution >= 0.6 is 0 Å². The summed E-state index contributed by atoms with van der Waals surface area (Å²) in [7, 11) is 1.49. The van der Waals surface area contributed by atoms with Crippen molar-refractivity contribution in [2.75, 3.05) is 18.6 Å². The van der Waals surface area contributed by atoms with Gasteiger partial charge in [-0.25, -0.2) is 14.6 Å². The van der Waals surface area contributed by atoms with E-state index in [2.05, 4.69) is 6.92 Å². The zero-order valence-corrected chi connectivity index (χ0v) is 15.7. The topological polar surface area (TPSA) is 84.0 Å². The van der Waals surface area contributed by atoms with Gasteiger partial charge in [-0.3, -0.25) is 14.4 Å². The van der Waals surface area contributed by atoms with Crippen LogP contribution in [0.3, 0.4) is 0 Å². The molecule has 0 saturated carbocycles. The summed E-state index contributed by atoms with van der Waals surface area (Å²) in [6.45, 7) is 1.58. The second-order valence-corrected chi connectivity index (χ2v) is 6.38. The molecular weight excluding hydrogens is 360 g/mol. The molecule has 1 aliphatic heterocycles. The highest BCUT2D eigenvalue weighted by molar-refractivity contribution is 6.53. The van der Waals surface area contributed by atoms with Gasteiger partial charge in [0.2, 0.25) is 0 Å². The number of methoxy groups -OCH3 is 1. The first kappa shape index (κ1) is 19.3. The molecule has 1 saturated heterocycles. The number of urea groups is 1. The summed E-state index contributed by atoms with van der Waals surface area (Å²) in [6, 6.07) is 12.3. The summed E-state index contributed by atoms with van der Waals surface area (Å²) in [6.07, 6.45) is 1.90. The number of ketones is 1. The highest BCUT2D eigenvalue weighted by Crippen LogP contribution is 2.25. The molecule has 0 N–H and O–H groups in total. The monoisotopic (exact) mass is 380 g/mol. The maximum atomic E-state index is 12.6. The van der Waals surface area contributed by atoms with Crippen LogP contribution in [0.25, 0.3) is 0 Å². The number of carbonyl (C=O) groups is 4. The fraction of sp³-hybridized carbons (Fsp3) is 0.238. The number of benzene rings is 2. The number of aryl methyl sites for hydroxylation is 1. The minimum Gasteiger partial charge on any atom is -0.497 e. The molecule has 7 heteroatoms. The number of ether oxygens (including phenoxy) is 1. The Balaban J connectivity index is 1.76. The Morgan fingerprint density at radius 1 is 0.929 bits per heavy atom. The number of Topliss-reactive ketones (excluding diaryl/α,β-unsaturated/α-hetero) is 1. The number of carbonyl (C=O) groups excluding carboxylic acids is 4. The van der Waals surface area contributed by atoms with Crippen LogP contribution in [0.2, 0.25) is 0 Å². The van der Waals surface area contributed by atoms with Crippen molar-refractivity contribution in [1.29, 1.82) is 0 Å². The Morgan fingerprint density at radius 2 is 1.57 bits per heavy atom. The van der Waals surface area contributed by atoms with Gasteiger partial charge in [0, 0.05) is 5.56 Å². The molecular formula is C21H20N2O5. The van der Waals surface area contributed by atoms with Crippen LogP contribution in [-0.4, -0.2) is 42.2 Å². The van der Waals surface area contributed by atoms with Crippen LogP contribution in [0.1, 0.15) is 29.3 Å². The quantitative estimate of drug-likeness (QED) is 0.419. The number of amides is 4. The Bertz CT molecular complexity index is 919. The second kappa shape index (κ2) is 8.04. The normalized spacial score (nSPS) is 14.0. The zero-order chi connectivity index (χ0) is 20.3. The minimum atomic E-state index is -1.02. The summed E-state index contributed by atoms with van der Waals surface area (Å²) in [5.74, 6) is -1.86. The number of rotatable bonds is 7. The van der Waals surface area contributed by atoms with Gasteiger partial charge in [0.25, 0.3) is 0 Å². The molecule has 1 fully saturated rings. The van der Waals surface area contributed by atoms with Crippen LogP contribution < -0.4 is 9.64 Å². The Morgan fingerprint density at radius 3 is 2.14 bits per heavy atom. The molecule has 0 spiro atoms. The first-order valence-corrected chi connectivity index (χ1v) is 8.92. The molecule has 0 atom stereocenters. The molecule has 1 heterocycles. The molecule has 144 valence electrons. The van der Waals surface area contributed by atoms with E-state index in [4.69, 9.17) is 4.74 Å². The predicted molar refractivity (Wildman–Crippen MR) is 102 cm³/mol. The van der Waals surface area contributed by atoms with Crippen molar-refractivity contribution in [3.05, 3.63) is 59.7 Å². The molecule has 0 radical (unpaired) electrons. The highest BCUT2D eigenvalue weighted by Gasteiger charge is 2.46. The molecule has 0 aromatic heterocycles. The summed E-state index contributed by atoms with van der Waals surface area (Å²) in [5.41, 5.74) is 1.73. The third-order valence-electron chi connectivity index (χ3n) is 4.50. The average Bonchev–Trinajstić information content (AvgIpc) is 2.92. The standard InChI is InChI=1S/C21H20N2O5/c1-3-4-14-5-7-15(8-6-14)18(24)13-22-19(25)20(26)23(21(22)27)16-9-11-17(28-2)12-10-16/h5-12H,3-4,13H2,1-2H3. The minimum absolute atomic E-state index is 0.239. The molecule has 0 aliphatic carbocycles. The van der Waals surface area contributed by atoms with Gasteiger partial charge in [-0.1, -0.05) is 37.6 Å². The molecule has 2 aromatic rings. The maximum Gasteiger partial charge on any atom is 0.339 e. The molecule has 4 amide bonds. The maximum absolute atomic E-state index is 12.6. The Kier molecular flexibility index (Phi) is 5.54. The van der Waals surface area contributed by atoms with Crippen LogP contribution in [0.5, 0.6) is 5.75 Å². The third-order valence-corrected chi connectivity index (χ3v) is 4.50. The van der Waals surface area contributed by atoms with Crippen molar-refractivity contribution in [3.8, 4) is 5.75 Å². The van der Waals surface area contributed by atoms with E-state index >= 15 is 0 Å². The van der Waals surface area contributed by atoms with Gasteiger partial charge in [0.05, 0.1) is 19.3 Å². The smallest absolute Gasteiger partial charge is 0.339 e. The molecule has 3 rings (SSSR count). The lowest BCUT2D eigenvalue weighted by Crippen LogP contribution is -2.37. The van der Waals surface area contributed by atoms with Crippen molar-refractivity contribution < 1.29 is 23.9 Å². The van der Waals surface area contributed by atoms with Crippen LogP contribution in [0, 0.1) is 0 Å². The fourth-order valence-corrected chi connectivity index (χ4v) is 2.98. The van der Waals surface area contributed by atoms with E-state index in [-0.39, 0.29) is 5.69 Å². The van der Waals surface area contributed by atoms with Gasteiger partial charge in [-0.15, -0.1) is 0 Å². The summed E-state index contributed by atoms with van der Waals surface area (Å²) in [5, 5.41) is 0. The van der Waals surface area contributed by atoms with E-state index < -0.39 is 30.2 Å². The summed E-state index contributed by atoms with van der Waals surface area (Å²) >= 11 is 0. The van der Waals surface area contributed by atoms with Gasteiger partial charge in [0.15, 0.2) is 5.78 Å². The first-order chi connectivity index (χ1) is 13.5. The number of anilines is 1. The number of hydrogen-bond acceptors (Lipinski definition) is 5. The summed E-state index contributed by atoms with van der Waals surface area (Å²) in [4.78, 5) is 51.1. The molecule has 1 aliphatic rings. The first-order valence-electron chi connectivity index (χ1n) is 8.92. The molecule has 28 heavy (non-hydrogen) atoms. The second-order valence-electron chi connectivity index (χ2n) is 6.38. The van der Waals surface area contributed by atoms with E-state index in [1.165, 1.54) is 19.2 Å². The average molecular weight is 380 g/mol. The lowest BCUT2D eigenvalue weighted by molar-refractivity contribution is -0.139. The number of nitrogens with zero attached hydrogens (tertiary/aromatic N) is 2. The zero-order valence-electron chi connectivity index (χ0n) is 15.7. The van der Waals surface area contributed by atoms with Crippen molar-refractivity contribution in [2.24, 2.45) is 0 Å². The number of hydrogen-bond donors (Lipinski definition) is 0. The van der Waals surface area contributed by atoms with Crippen molar-refractivity contribution >= 4 is 29.3 Å². The molecule has 0 bridgehead atoms. The van der Waals surface area contributed by atoms with E-state index in [9.17, 15) is 19.2 Å². The predicted octanol–water partition coefficient (Wildman–Crippen LogP) is 2.83. The lowest BCUT2D eigenvalue weighted by Gasteiger charge is -2.15. The molecule has 7 nitrogen and oxygen atoms in total. The van der Waals surface area contributed by atoms with Crippen molar-refractivity contribution in [2.45, 2.75) is 19.8 Å². The van der Waals surface area contributed by atoms with Gasteiger partial charge >= 0.3 is 17.8 Å². The Labute approximate surface area is 162 Å². The summed E-state index contributed by atoms with van der Waals surface area (Å²) < 4.78 is 5.04. The molecule has 0 unspecified atom stereocenters. The Hall–Kier alpha value is -3.48. The molecule has 2 aromatic carbocycles. The van der Waals surface area contributed by atoms with E-state index in [1.54, 1.807) is 24.3 Å². The van der Waals surface area contributed by atoms with Crippen LogP contribution in [0.4, 0.5) is 10.5 Å². The van der Waals surface area contributed by atoms with Crippen molar-refractivity contribution in [3.63, 3.8) is 0 Å². The van der Waals surface area contributed by atoms with Crippen LogP contribution in [-0.2, 0) is 16.0 Å². The van der Waals surface area contributed by atoms with E-state index in [0.29, 0.717) is 16.2 Å². The SMILES string of the molecule is CCCc1ccc(C(=O)CN2C(=O)C(=O)N(c3ccc(OC)cc3)C2=O)cc1. The van der Waals surface area contributed by atoms with E-state index in [1.807, 2.05) is 12.1 Å². The third kappa shape index (κ3) is 3.64.